The molecule has 0 spiro atoms. The summed E-state index contributed by atoms with van der Waals surface area (Å²) in [5.41, 5.74) is 5.25. The van der Waals surface area contributed by atoms with Crippen molar-refractivity contribution in [2.45, 2.75) is 31.8 Å². The zero-order valence-corrected chi connectivity index (χ0v) is 10.4. The Labute approximate surface area is 109 Å². The van der Waals surface area contributed by atoms with E-state index in [1.165, 1.54) is 6.92 Å². The highest BCUT2D eigenvalue weighted by Gasteiger charge is 2.21. The van der Waals surface area contributed by atoms with Crippen LogP contribution in [-0.2, 0) is 19.2 Å². The van der Waals surface area contributed by atoms with Gasteiger partial charge >= 0.3 is 11.9 Å². The maximum absolute atomic E-state index is 11.4. The van der Waals surface area contributed by atoms with Crippen LogP contribution in [0.1, 0.15) is 19.8 Å². The van der Waals surface area contributed by atoms with Crippen molar-refractivity contribution in [3.8, 4) is 0 Å². The Morgan fingerprint density at radius 2 is 1.79 bits per heavy atom. The maximum atomic E-state index is 11.4. The Bertz CT molecular complexity index is 368. The molecule has 0 radical (unpaired) electrons. The normalized spacial score (nSPS) is 13.2. The van der Waals surface area contributed by atoms with Crippen LogP contribution in [0.15, 0.2) is 0 Å². The van der Waals surface area contributed by atoms with E-state index in [0.717, 1.165) is 0 Å². The minimum absolute atomic E-state index is 0.238. The lowest BCUT2D eigenvalue weighted by Crippen LogP contribution is -2.48. The molecule has 9 nitrogen and oxygen atoms in total. The predicted molar refractivity (Wildman–Crippen MR) is 63.1 cm³/mol. The number of hydrogen-bond acceptors (Lipinski definition) is 5. The number of aliphatic carboxylic acids is 2. The van der Waals surface area contributed by atoms with Crippen molar-refractivity contribution in [2.75, 3.05) is 6.54 Å². The van der Waals surface area contributed by atoms with Crippen molar-refractivity contribution in [2.24, 2.45) is 5.73 Å². The van der Waals surface area contributed by atoms with Gasteiger partial charge in [-0.25, -0.2) is 4.79 Å². The van der Waals surface area contributed by atoms with Gasteiger partial charge in [0.1, 0.15) is 6.04 Å². The van der Waals surface area contributed by atoms with Crippen molar-refractivity contribution >= 4 is 23.8 Å². The lowest BCUT2D eigenvalue weighted by atomic mass is 10.1. The summed E-state index contributed by atoms with van der Waals surface area (Å²) < 4.78 is 0. The summed E-state index contributed by atoms with van der Waals surface area (Å²) >= 11 is 0. The molecular formula is C10H17N3O6. The quantitative estimate of drug-likeness (QED) is 0.338. The number of amides is 2. The van der Waals surface area contributed by atoms with E-state index >= 15 is 0 Å². The average Bonchev–Trinajstić information content (AvgIpc) is 2.30. The summed E-state index contributed by atoms with van der Waals surface area (Å²) in [5, 5.41) is 21.5. The molecule has 108 valence electrons. The van der Waals surface area contributed by atoms with Gasteiger partial charge in [0.2, 0.25) is 11.8 Å². The van der Waals surface area contributed by atoms with Crippen molar-refractivity contribution in [3.63, 3.8) is 0 Å². The fourth-order valence-corrected chi connectivity index (χ4v) is 1.10. The lowest BCUT2D eigenvalue weighted by molar-refractivity contribution is -0.142. The van der Waals surface area contributed by atoms with Crippen molar-refractivity contribution in [1.29, 1.82) is 0 Å². The number of carboxylic acid groups (broad SMARTS) is 2. The molecule has 2 atom stereocenters. The Hall–Kier alpha value is -2.16. The van der Waals surface area contributed by atoms with Crippen LogP contribution in [-0.4, -0.2) is 52.6 Å². The van der Waals surface area contributed by atoms with Gasteiger partial charge in [-0.15, -0.1) is 0 Å². The van der Waals surface area contributed by atoms with E-state index in [9.17, 15) is 19.2 Å². The summed E-state index contributed by atoms with van der Waals surface area (Å²) in [6.07, 6.45) is -0.624. The lowest BCUT2D eigenvalue weighted by Gasteiger charge is -2.14. The van der Waals surface area contributed by atoms with Crippen molar-refractivity contribution in [3.05, 3.63) is 0 Å². The number of nitrogens with two attached hydrogens (primary N) is 1. The third-order valence-electron chi connectivity index (χ3n) is 2.12. The van der Waals surface area contributed by atoms with Gasteiger partial charge in [-0.3, -0.25) is 14.4 Å². The minimum Gasteiger partial charge on any atom is -0.481 e. The first-order valence-electron chi connectivity index (χ1n) is 5.51. The van der Waals surface area contributed by atoms with Gasteiger partial charge in [0.25, 0.3) is 0 Å². The zero-order chi connectivity index (χ0) is 15.0. The molecule has 0 aliphatic heterocycles. The molecule has 0 aliphatic carbocycles. The van der Waals surface area contributed by atoms with Gasteiger partial charge in [0, 0.05) is 6.42 Å². The largest absolute Gasteiger partial charge is 0.481 e. The molecule has 0 fully saturated rings. The van der Waals surface area contributed by atoms with Crippen LogP contribution in [0.2, 0.25) is 0 Å². The van der Waals surface area contributed by atoms with E-state index in [2.05, 4.69) is 10.6 Å². The Morgan fingerprint density at radius 3 is 2.21 bits per heavy atom. The molecule has 6 N–H and O–H groups in total. The Balaban J connectivity index is 4.21. The topological polar surface area (TPSA) is 159 Å². The molecule has 0 saturated heterocycles. The van der Waals surface area contributed by atoms with Gasteiger partial charge in [-0.1, -0.05) is 0 Å². The molecule has 0 rings (SSSR count). The summed E-state index contributed by atoms with van der Waals surface area (Å²) in [4.78, 5) is 43.5. The van der Waals surface area contributed by atoms with Crippen LogP contribution < -0.4 is 16.4 Å². The number of rotatable bonds is 8. The van der Waals surface area contributed by atoms with Crippen LogP contribution >= 0.6 is 0 Å². The molecule has 0 aromatic rings. The summed E-state index contributed by atoms with van der Waals surface area (Å²) in [5.74, 6) is -3.78. The number of nitrogens with one attached hydrogen (secondary N) is 2. The summed E-state index contributed by atoms with van der Waals surface area (Å²) in [7, 11) is 0. The van der Waals surface area contributed by atoms with Crippen LogP contribution in [0.25, 0.3) is 0 Å². The van der Waals surface area contributed by atoms with Crippen LogP contribution in [0.4, 0.5) is 0 Å². The Kier molecular flexibility index (Phi) is 7.12. The van der Waals surface area contributed by atoms with Crippen LogP contribution in [0.3, 0.4) is 0 Å². The molecule has 19 heavy (non-hydrogen) atoms. The first-order valence-corrected chi connectivity index (χ1v) is 5.51. The third kappa shape index (κ3) is 7.71. The van der Waals surface area contributed by atoms with Gasteiger partial charge < -0.3 is 26.6 Å². The Morgan fingerprint density at radius 1 is 1.21 bits per heavy atom. The first kappa shape index (κ1) is 16.8. The van der Waals surface area contributed by atoms with E-state index in [1.54, 1.807) is 0 Å². The second-order valence-electron chi connectivity index (χ2n) is 3.90. The monoisotopic (exact) mass is 275 g/mol. The highest BCUT2D eigenvalue weighted by Crippen LogP contribution is 1.97. The van der Waals surface area contributed by atoms with Crippen LogP contribution in [0.5, 0.6) is 0 Å². The smallest absolute Gasteiger partial charge is 0.326 e. The standard InChI is InChI=1S/C10H17N3O6/c1-5(11)9(17)12-4-7(14)13-6(10(18)19)2-3-8(15)16/h5-6H,2-4,11H2,1H3,(H,12,17)(H,13,14)(H,15,16)(H,18,19)/t5-,6-/m0/s1. The molecule has 0 aromatic heterocycles. The molecule has 0 heterocycles. The molecule has 0 saturated carbocycles. The SMILES string of the molecule is C[C@H](N)C(=O)NCC(=O)N[C@@H](CCC(=O)O)C(=O)O. The third-order valence-corrected chi connectivity index (χ3v) is 2.12. The highest BCUT2D eigenvalue weighted by molar-refractivity contribution is 5.89. The number of carboxylic acids is 2. The first-order chi connectivity index (χ1) is 8.73. The number of hydrogen-bond donors (Lipinski definition) is 5. The fraction of sp³-hybridized carbons (Fsp3) is 0.600. The minimum atomic E-state index is -1.34. The predicted octanol–water partition coefficient (Wildman–Crippen LogP) is -2.12. The highest BCUT2D eigenvalue weighted by atomic mass is 16.4. The molecule has 0 aromatic carbocycles. The number of carbonyl (C=O) groups is 4. The maximum Gasteiger partial charge on any atom is 0.326 e. The summed E-state index contributed by atoms with van der Waals surface area (Å²) in [6.45, 7) is 1.01. The second-order valence-corrected chi connectivity index (χ2v) is 3.90. The number of carbonyl (C=O) groups excluding carboxylic acids is 2. The fourth-order valence-electron chi connectivity index (χ4n) is 1.10. The average molecular weight is 275 g/mol. The molecule has 9 heteroatoms. The molecular weight excluding hydrogens is 258 g/mol. The molecule has 0 aliphatic rings. The summed E-state index contributed by atoms with van der Waals surface area (Å²) in [6, 6.07) is -2.09. The van der Waals surface area contributed by atoms with Crippen molar-refractivity contribution in [1.82, 2.24) is 10.6 Å². The van der Waals surface area contributed by atoms with E-state index in [-0.39, 0.29) is 12.8 Å². The molecule has 0 bridgehead atoms. The van der Waals surface area contributed by atoms with E-state index in [1.807, 2.05) is 0 Å². The van der Waals surface area contributed by atoms with E-state index < -0.39 is 42.4 Å². The molecule has 0 unspecified atom stereocenters. The van der Waals surface area contributed by atoms with Crippen molar-refractivity contribution < 1.29 is 29.4 Å². The van der Waals surface area contributed by atoms with Gasteiger partial charge in [-0.2, -0.15) is 0 Å². The molecule has 2 amide bonds. The zero-order valence-electron chi connectivity index (χ0n) is 10.4. The van der Waals surface area contributed by atoms with Crippen LogP contribution in [0, 0.1) is 0 Å². The van der Waals surface area contributed by atoms with Gasteiger partial charge in [-0.05, 0) is 13.3 Å². The van der Waals surface area contributed by atoms with E-state index in [0.29, 0.717) is 0 Å². The second kappa shape index (κ2) is 8.03. The van der Waals surface area contributed by atoms with Gasteiger partial charge in [0.05, 0.1) is 12.6 Å². The van der Waals surface area contributed by atoms with Gasteiger partial charge in [0.15, 0.2) is 0 Å². The van der Waals surface area contributed by atoms with E-state index in [4.69, 9.17) is 15.9 Å².